The average molecular weight is 245 g/mol. The van der Waals surface area contributed by atoms with Crippen molar-refractivity contribution >= 4 is 29.1 Å². The van der Waals surface area contributed by atoms with Gasteiger partial charge in [0.05, 0.1) is 10.7 Å². The van der Waals surface area contributed by atoms with E-state index >= 15 is 0 Å². The number of hydrogen-bond donors (Lipinski definition) is 1. The first-order valence-electron chi connectivity index (χ1n) is 4.76. The Balaban J connectivity index is 2.50. The quantitative estimate of drug-likeness (QED) is 0.866. The number of carboxylic acid groups (broad SMARTS) is 1. The summed E-state index contributed by atoms with van der Waals surface area (Å²) < 4.78 is 0. The molecule has 0 fully saturated rings. The lowest BCUT2D eigenvalue weighted by atomic mass is 10.1. The number of thioether (sulfide) groups is 1. The lowest BCUT2D eigenvalue weighted by molar-refractivity contribution is -0.137. The molecule has 0 spiro atoms. The maximum Gasteiger partial charge on any atom is 0.316 e. The first kappa shape index (κ1) is 12.5. The highest BCUT2D eigenvalue weighted by atomic mass is 32.2. The van der Waals surface area contributed by atoms with Crippen LogP contribution in [0.1, 0.15) is 24.5 Å². The van der Waals surface area contributed by atoms with E-state index in [-0.39, 0.29) is 11.2 Å². The summed E-state index contributed by atoms with van der Waals surface area (Å²) in [6.07, 6.45) is 0. The van der Waals surface area contributed by atoms with Gasteiger partial charge in [0.15, 0.2) is 0 Å². The van der Waals surface area contributed by atoms with Crippen LogP contribution in [0.15, 0.2) is 5.38 Å². The standard InChI is InChI=1S/C10H15NO2S2/c1-6(2)9(10(12)13)15-5-8-4-14-7(3)11-8/h4,6,9H,5H2,1-3H3,(H,12,13). The van der Waals surface area contributed by atoms with Gasteiger partial charge in [0.2, 0.25) is 0 Å². The number of hydrogen-bond acceptors (Lipinski definition) is 4. The van der Waals surface area contributed by atoms with E-state index in [1.165, 1.54) is 11.8 Å². The van der Waals surface area contributed by atoms with E-state index in [0.717, 1.165) is 10.7 Å². The van der Waals surface area contributed by atoms with Gasteiger partial charge in [-0.25, -0.2) is 4.98 Å². The molecule has 0 radical (unpaired) electrons. The molecule has 0 saturated heterocycles. The third kappa shape index (κ3) is 3.83. The number of aliphatic carboxylic acids is 1. The fourth-order valence-corrected chi connectivity index (χ4v) is 2.94. The van der Waals surface area contributed by atoms with E-state index in [1.54, 1.807) is 11.3 Å². The van der Waals surface area contributed by atoms with E-state index < -0.39 is 5.97 Å². The maximum atomic E-state index is 10.9. The lowest BCUT2D eigenvalue weighted by Crippen LogP contribution is -2.22. The summed E-state index contributed by atoms with van der Waals surface area (Å²) in [6.45, 7) is 5.81. The van der Waals surface area contributed by atoms with Crippen LogP contribution in [0.25, 0.3) is 0 Å². The number of aromatic nitrogens is 1. The molecule has 1 atom stereocenters. The Labute approximate surface area is 97.9 Å². The summed E-state index contributed by atoms with van der Waals surface area (Å²) in [5, 5.41) is 11.7. The van der Waals surface area contributed by atoms with Gasteiger partial charge in [0.1, 0.15) is 5.25 Å². The summed E-state index contributed by atoms with van der Waals surface area (Å²) >= 11 is 3.05. The maximum absolute atomic E-state index is 10.9. The Morgan fingerprint density at radius 1 is 1.67 bits per heavy atom. The fourth-order valence-electron chi connectivity index (χ4n) is 1.20. The van der Waals surface area contributed by atoms with Gasteiger partial charge < -0.3 is 5.11 Å². The molecule has 1 N–H and O–H groups in total. The smallest absolute Gasteiger partial charge is 0.316 e. The highest BCUT2D eigenvalue weighted by molar-refractivity contribution is 7.99. The van der Waals surface area contributed by atoms with Crippen LogP contribution < -0.4 is 0 Å². The van der Waals surface area contributed by atoms with Crippen molar-refractivity contribution < 1.29 is 9.90 Å². The Hall–Kier alpha value is -0.550. The van der Waals surface area contributed by atoms with Crippen molar-refractivity contribution in [3.8, 4) is 0 Å². The van der Waals surface area contributed by atoms with Gasteiger partial charge in [-0.15, -0.1) is 23.1 Å². The van der Waals surface area contributed by atoms with Gasteiger partial charge in [-0.3, -0.25) is 4.79 Å². The molecule has 84 valence electrons. The molecule has 1 unspecified atom stereocenters. The van der Waals surface area contributed by atoms with Gasteiger partial charge in [-0.1, -0.05) is 13.8 Å². The van der Waals surface area contributed by atoms with Crippen LogP contribution in [-0.4, -0.2) is 21.3 Å². The second-order valence-electron chi connectivity index (χ2n) is 3.67. The van der Waals surface area contributed by atoms with Crippen LogP contribution in [0.2, 0.25) is 0 Å². The van der Waals surface area contributed by atoms with Crippen LogP contribution in [-0.2, 0) is 10.5 Å². The van der Waals surface area contributed by atoms with Crippen molar-refractivity contribution in [3.05, 3.63) is 16.1 Å². The minimum atomic E-state index is -0.734. The zero-order valence-electron chi connectivity index (χ0n) is 9.06. The van der Waals surface area contributed by atoms with Crippen molar-refractivity contribution in [2.75, 3.05) is 0 Å². The number of nitrogens with zero attached hydrogens (tertiary/aromatic N) is 1. The Bertz CT molecular complexity index is 336. The van der Waals surface area contributed by atoms with Gasteiger partial charge in [-0.2, -0.15) is 0 Å². The van der Waals surface area contributed by atoms with Crippen molar-refractivity contribution in [1.82, 2.24) is 4.98 Å². The number of carbonyl (C=O) groups is 1. The van der Waals surface area contributed by atoms with Crippen molar-refractivity contribution in [1.29, 1.82) is 0 Å². The summed E-state index contributed by atoms with van der Waals surface area (Å²) in [5.41, 5.74) is 0.981. The first-order valence-corrected chi connectivity index (χ1v) is 6.69. The van der Waals surface area contributed by atoms with Crippen LogP contribution in [0.3, 0.4) is 0 Å². The first-order chi connectivity index (χ1) is 7.00. The molecule has 0 aliphatic rings. The molecule has 3 nitrogen and oxygen atoms in total. The van der Waals surface area contributed by atoms with Crippen molar-refractivity contribution in [3.63, 3.8) is 0 Å². The molecular formula is C10H15NO2S2. The van der Waals surface area contributed by atoms with Gasteiger partial charge in [0.25, 0.3) is 0 Å². The van der Waals surface area contributed by atoms with Gasteiger partial charge in [0, 0.05) is 11.1 Å². The molecule has 0 aromatic carbocycles. The second-order valence-corrected chi connectivity index (χ2v) is 5.86. The molecule has 1 heterocycles. The third-order valence-corrected chi connectivity index (χ3v) is 4.32. The number of rotatable bonds is 5. The summed E-state index contributed by atoms with van der Waals surface area (Å²) in [7, 11) is 0. The van der Waals surface area contributed by atoms with E-state index in [4.69, 9.17) is 5.11 Å². The molecular weight excluding hydrogens is 230 g/mol. The number of carboxylic acids is 1. The average Bonchev–Trinajstić information content (AvgIpc) is 2.50. The Morgan fingerprint density at radius 3 is 2.73 bits per heavy atom. The molecule has 1 aromatic heterocycles. The van der Waals surface area contributed by atoms with Crippen LogP contribution in [0.5, 0.6) is 0 Å². The minimum absolute atomic E-state index is 0.146. The molecule has 1 aromatic rings. The zero-order chi connectivity index (χ0) is 11.4. The van der Waals surface area contributed by atoms with Gasteiger partial charge in [-0.05, 0) is 12.8 Å². The third-order valence-electron chi connectivity index (χ3n) is 1.93. The lowest BCUT2D eigenvalue weighted by Gasteiger charge is -2.14. The van der Waals surface area contributed by atoms with E-state index in [2.05, 4.69) is 4.98 Å². The van der Waals surface area contributed by atoms with Crippen molar-refractivity contribution in [2.45, 2.75) is 31.8 Å². The van der Waals surface area contributed by atoms with E-state index in [9.17, 15) is 4.79 Å². The summed E-state index contributed by atoms with van der Waals surface area (Å²) in [5.74, 6) is 0.0913. The second kappa shape index (κ2) is 5.51. The van der Waals surface area contributed by atoms with Crippen LogP contribution >= 0.6 is 23.1 Å². The molecule has 0 saturated carbocycles. The largest absolute Gasteiger partial charge is 0.480 e. The Kier molecular flexibility index (Phi) is 4.60. The highest BCUT2D eigenvalue weighted by Gasteiger charge is 2.21. The molecule has 0 bridgehead atoms. The normalized spacial score (nSPS) is 13.1. The number of aryl methyl sites for hydroxylation is 1. The molecule has 0 aliphatic carbocycles. The number of thiazole rings is 1. The predicted molar refractivity (Wildman–Crippen MR) is 64.4 cm³/mol. The zero-order valence-corrected chi connectivity index (χ0v) is 10.7. The molecule has 5 heteroatoms. The monoisotopic (exact) mass is 245 g/mol. The fraction of sp³-hybridized carbons (Fsp3) is 0.600. The van der Waals surface area contributed by atoms with Crippen molar-refractivity contribution in [2.24, 2.45) is 5.92 Å². The summed E-state index contributed by atoms with van der Waals surface area (Å²) in [6, 6.07) is 0. The van der Waals surface area contributed by atoms with Gasteiger partial charge >= 0.3 is 5.97 Å². The summed E-state index contributed by atoms with van der Waals surface area (Å²) in [4.78, 5) is 15.2. The molecule has 0 amide bonds. The predicted octanol–water partition coefficient (Wildman–Crippen LogP) is 2.79. The molecule has 1 rings (SSSR count). The molecule has 15 heavy (non-hydrogen) atoms. The SMILES string of the molecule is Cc1nc(CSC(C(=O)O)C(C)C)cs1. The topological polar surface area (TPSA) is 50.2 Å². The van der Waals surface area contributed by atoms with Crippen LogP contribution in [0, 0.1) is 12.8 Å². The Morgan fingerprint density at radius 2 is 2.33 bits per heavy atom. The highest BCUT2D eigenvalue weighted by Crippen LogP contribution is 2.24. The minimum Gasteiger partial charge on any atom is -0.480 e. The van der Waals surface area contributed by atoms with E-state index in [0.29, 0.717) is 5.75 Å². The molecule has 0 aliphatic heterocycles. The van der Waals surface area contributed by atoms with Crippen LogP contribution in [0.4, 0.5) is 0 Å². The van der Waals surface area contributed by atoms with E-state index in [1.807, 2.05) is 26.2 Å².